The van der Waals surface area contributed by atoms with Crippen molar-refractivity contribution < 1.29 is 0 Å². The summed E-state index contributed by atoms with van der Waals surface area (Å²) in [5.41, 5.74) is 3.18. The second-order valence-corrected chi connectivity index (χ2v) is 3.91. The highest BCUT2D eigenvalue weighted by molar-refractivity contribution is 7.48. The van der Waals surface area contributed by atoms with Gasteiger partial charge in [-0.15, -0.1) is 0 Å². The maximum Gasteiger partial charge on any atom is 0.0276 e. The Hall–Kier alpha value is -0.530. The Morgan fingerprint density at radius 2 is 2.36 bits per heavy atom. The zero-order valence-electron chi connectivity index (χ0n) is 7.02. The molecule has 1 aliphatic rings. The molecule has 0 N–H and O–H groups in total. The van der Waals surface area contributed by atoms with Crippen molar-refractivity contribution in [1.82, 2.24) is 0 Å². The minimum atomic E-state index is 0.644. The normalized spacial score (nSPS) is 26.3. The molecule has 58 valence electrons. The fraction of sp³-hybridized carbons (Fsp3) is 0.400. The number of hydrogen-bond acceptors (Lipinski definition) is 0. The second-order valence-electron chi connectivity index (χ2n) is 2.84. The molecule has 0 saturated carbocycles. The van der Waals surface area contributed by atoms with Crippen LogP contribution in [-0.2, 0) is 0 Å². The third-order valence-electron chi connectivity index (χ3n) is 1.55. The molecular weight excluding hydrogens is 151 g/mol. The first-order chi connectivity index (χ1) is 5.30. The van der Waals surface area contributed by atoms with Crippen LogP contribution < -0.4 is 0 Å². The molecule has 1 rings (SSSR count). The predicted molar refractivity (Wildman–Crippen MR) is 52.8 cm³/mol. The molecule has 1 aliphatic heterocycles. The Labute approximate surface area is 70.6 Å². The van der Waals surface area contributed by atoms with Gasteiger partial charge in [-0.1, -0.05) is 43.7 Å². The van der Waals surface area contributed by atoms with Crippen LogP contribution in [0.4, 0.5) is 0 Å². The first-order valence-electron chi connectivity index (χ1n) is 3.91. The molecule has 0 saturated heterocycles. The van der Waals surface area contributed by atoms with Crippen LogP contribution in [0.3, 0.4) is 0 Å². The fourth-order valence-electron chi connectivity index (χ4n) is 0.845. The smallest absolute Gasteiger partial charge is 0.0276 e. The van der Waals surface area contributed by atoms with Gasteiger partial charge in [0.1, 0.15) is 0 Å². The largest absolute Gasteiger partial charge is 0.0945 e. The first-order valence-corrected chi connectivity index (χ1v) is 4.91. The molecule has 0 bridgehead atoms. The molecule has 0 nitrogen and oxygen atoms in total. The topological polar surface area (TPSA) is 0 Å². The molecule has 1 heterocycles. The third-order valence-corrected chi connectivity index (χ3v) is 2.88. The molecule has 0 radical (unpaired) electrons. The summed E-state index contributed by atoms with van der Waals surface area (Å²) < 4.78 is 0. The van der Waals surface area contributed by atoms with Crippen LogP contribution in [0.1, 0.15) is 20.3 Å². The van der Waals surface area contributed by atoms with Crippen molar-refractivity contribution in [3.8, 4) is 11.6 Å². The van der Waals surface area contributed by atoms with Gasteiger partial charge in [0, 0.05) is 6.42 Å². The van der Waals surface area contributed by atoms with Crippen molar-refractivity contribution in [3.05, 3.63) is 23.5 Å². The maximum atomic E-state index is 3.18. The van der Waals surface area contributed by atoms with Crippen molar-refractivity contribution in [1.29, 1.82) is 0 Å². The van der Waals surface area contributed by atoms with Gasteiger partial charge in [-0.3, -0.25) is 0 Å². The maximum absolute atomic E-state index is 3.18. The van der Waals surface area contributed by atoms with Crippen LogP contribution in [0.15, 0.2) is 23.5 Å². The molecule has 1 heteroatoms. The van der Waals surface area contributed by atoms with E-state index in [0.29, 0.717) is 14.5 Å². The molecule has 0 aromatic heterocycles. The highest BCUT2D eigenvalue weighted by Gasteiger charge is 1.99. The van der Waals surface area contributed by atoms with Crippen molar-refractivity contribution in [2.24, 2.45) is 5.92 Å². The van der Waals surface area contributed by atoms with E-state index in [0.717, 1.165) is 6.42 Å². The summed E-state index contributed by atoms with van der Waals surface area (Å²) in [7, 11) is 0.711. The highest BCUT2D eigenvalue weighted by Crippen LogP contribution is 2.29. The highest BCUT2D eigenvalue weighted by atomic mass is 31.1. The van der Waals surface area contributed by atoms with Crippen molar-refractivity contribution in [2.45, 2.75) is 20.3 Å². The van der Waals surface area contributed by atoms with Gasteiger partial charge in [0.25, 0.3) is 0 Å². The average molecular weight is 164 g/mol. The van der Waals surface area contributed by atoms with Gasteiger partial charge in [0.15, 0.2) is 0 Å². The monoisotopic (exact) mass is 164 g/mol. The van der Waals surface area contributed by atoms with E-state index in [4.69, 9.17) is 0 Å². The van der Waals surface area contributed by atoms with Gasteiger partial charge in [-0.25, -0.2) is 0 Å². The molecular formula is C10H13P. The summed E-state index contributed by atoms with van der Waals surface area (Å²) >= 11 is 0. The van der Waals surface area contributed by atoms with Gasteiger partial charge in [-0.05, 0) is 19.8 Å². The molecule has 0 aromatic rings. The molecule has 1 unspecified atom stereocenters. The lowest BCUT2D eigenvalue weighted by molar-refractivity contribution is 0.816. The quantitative estimate of drug-likeness (QED) is 0.412. The Morgan fingerprint density at radius 1 is 1.55 bits per heavy atom. The van der Waals surface area contributed by atoms with Crippen LogP contribution in [0, 0.1) is 17.5 Å². The number of hydrogen-bond donors (Lipinski definition) is 0. The Balaban J connectivity index is 2.72. The first kappa shape index (κ1) is 8.57. The van der Waals surface area contributed by atoms with Crippen LogP contribution >= 0.6 is 8.58 Å². The summed E-state index contributed by atoms with van der Waals surface area (Å²) in [4.78, 5) is 0. The van der Waals surface area contributed by atoms with E-state index in [1.165, 1.54) is 5.31 Å². The molecule has 11 heavy (non-hydrogen) atoms. The zero-order chi connectivity index (χ0) is 8.10. The summed E-state index contributed by atoms with van der Waals surface area (Å²) in [6.45, 7) is 4.44. The van der Waals surface area contributed by atoms with Crippen LogP contribution in [0.5, 0.6) is 0 Å². The molecule has 0 fully saturated rings. The zero-order valence-corrected chi connectivity index (χ0v) is 8.02. The minimum absolute atomic E-state index is 0.644. The van der Waals surface area contributed by atoms with Gasteiger partial charge < -0.3 is 0 Å². The third kappa shape index (κ3) is 2.91. The van der Waals surface area contributed by atoms with Crippen LogP contribution in [0.2, 0.25) is 0 Å². The summed E-state index contributed by atoms with van der Waals surface area (Å²) in [5.74, 6) is 3.75. The second kappa shape index (κ2) is 4.37. The number of allylic oxidation sites excluding steroid dienone is 4. The van der Waals surface area contributed by atoms with E-state index in [1.54, 1.807) is 0 Å². The summed E-state index contributed by atoms with van der Waals surface area (Å²) in [6.07, 6.45) is 7.35. The standard InChI is InChI=1S/C10H13P/c1-9(2)10-7-5-3-4-6-8-11-10/h3,5,7,9,11H,4H2,1-2H3/b5-3-,10-7-. The van der Waals surface area contributed by atoms with Gasteiger partial charge in [0.05, 0.1) is 0 Å². The van der Waals surface area contributed by atoms with Gasteiger partial charge in [0.2, 0.25) is 0 Å². The molecule has 1 atom stereocenters. The van der Waals surface area contributed by atoms with E-state index in [9.17, 15) is 0 Å². The van der Waals surface area contributed by atoms with E-state index in [2.05, 4.69) is 43.7 Å². The molecule has 0 aromatic carbocycles. The number of rotatable bonds is 1. The van der Waals surface area contributed by atoms with E-state index in [1.807, 2.05) is 0 Å². The average Bonchev–Trinajstić information content (AvgIpc) is 1.84. The van der Waals surface area contributed by atoms with E-state index < -0.39 is 0 Å². The Bertz CT molecular complexity index is 235. The SMILES string of the molecule is CC(C)/C1=C/C=C\CC#CP1. The Kier molecular flexibility index (Phi) is 3.40. The van der Waals surface area contributed by atoms with E-state index in [-0.39, 0.29) is 0 Å². The van der Waals surface area contributed by atoms with Gasteiger partial charge >= 0.3 is 0 Å². The fourth-order valence-corrected chi connectivity index (χ4v) is 1.65. The molecule has 0 aliphatic carbocycles. The summed E-state index contributed by atoms with van der Waals surface area (Å²) in [5, 5.41) is 1.47. The lowest BCUT2D eigenvalue weighted by Gasteiger charge is -2.06. The lowest BCUT2D eigenvalue weighted by atomic mass is 10.2. The predicted octanol–water partition coefficient (Wildman–Crippen LogP) is 3.13. The lowest BCUT2D eigenvalue weighted by Crippen LogP contribution is -1.86. The minimum Gasteiger partial charge on any atom is -0.0945 e. The van der Waals surface area contributed by atoms with Crippen molar-refractivity contribution >= 4 is 8.58 Å². The Morgan fingerprint density at radius 3 is 3.09 bits per heavy atom. The summed E-state index contributed by atoms with van der Waals surface area (Å²) in [6, 6.07) is 0. The molecule has 0 spiro atoms. The van der Waals surface area contributed by atoms with Gasteiger partial charge in [-0.2, -0.15) is 0 Å². The van der Waals surface area contributed by atoms with Crippen LogP contribution in [0.25, 0.3) is 0 Å². The van der Waals surface area contributed by atoms with Crippen molar-refractivity contribution in [2.75, 3.05) is 0 Å². The molecule has 0 amide bonds. The van der Waals surface area contributed by atoms with Crippen molar-refractivity contribution in [3.63, 3.8) is 0 Å². The van der Waals surface area contributed by atoms with Crippen LogP contribution in [-0.4, -0.2) is 0 Å². The van der Waals surface area contributed by atoms with E-state index >= 15 is 0 Å².